The molecule has 4 rings (SSSR count). The minimum atomic E-state index is 0.726. The predicted octanol–water partition coefficient (Wildman–Crippen LogP) is 6.08. The molecule has 4 aromatic rings. The highest BCUT2D eigenvalue weighted by molar-refractivity contribution is 7.15. The molecule has 3 nitrogen and oxygen atoms in total. The van der Waals surface area contributed by atoms with Gasteiger partial charge in [-0.15, -0.1) is 11.3 Å². The van der Waals surface area contributed by atoms with Crippen LogP contribution in [-0.2, 0) is 0 Å². The van der Waals surface area contributed by atoms with E-state index in [1.165, 1.54) is 11.1 Å². The number of hydrogen-bond acceptors (Lipinski definition) is 3. The smallest absolute Gasteiger partial charge is 0.195 e. The predicted molar refractivity (Wildman–Crippen MR) is 103 cm³/mol. The second-order valence-electron chi connectivity index (χ2n) is 5.76. The van der Waals surface area contributed by atoms with Gasteiger partial charge in [0.05, 0.1) is 0 Å². The topological polar surface area (TPSA) is 29.3 Å². The number of nitrogens with zero attached hydrogens (tertiary/aromatic N) is 2. The average molecular weight is 354 g/mol. The van der Waals surface area contributed by atoms with Crippen molar-refractivity contribution < 1.29 is 0 Å². The van der Waals surface area contributed by atoms with Crippen LogP contribution in [0.15, 0.2) is 54.0 Å². The van der Waals surface area contributed by atoms with Crippen molar-refractivity contribution >= 4 is 39.4 Å². The van der Waals surface area contributed by atoms with Gasteiger partial charge in [0, 0.05) is 27.9 Å². The van der Waals surface area contributed by atoms with Crippen LogP contribution in [0.3, 0.4) is 0 Å². The van der Waals surface area contributed by atoms with Gasteiger partial charge < -0.3 is 5.32 Å². The second-order valence-corrected chi connectivity index (χ2v) is 7.07. The summed E-state index contributed by atoms with van der Waals surface area (Å²) in [6.07, 6.45) is 2.04. The summed E-state index contributed by atoms with van der Waals surface area (Å²) in [6, 6.07) is 14.1. The van der Waals surface area contributed by atoms with E-state index in [4.69, 9.17) is 16.6 Å². The number of para-hydroxylation sites is 1. The highest BCUT2D eigenvalue weighted by atomic mass is 35.5. The first-order valence-electron chi connectivity index (χ1n) is 7.68. The van der Waals surface area contributed by atoms with Crippen LogP contribution in [-0.4, -0.2) is 9.38 Å². The number of rotatable bonds is 3. The van der Waals surface area contributed by atoms with Gasteiger partial charge in [0.15, 0.2) is 4.96 Å². The van der Waals surface area contributed by atoms with Gasteiger partial charge in [-0.3, -0.25) is 4.40 Å². The Morgan fingerprint density at radius 1 is 1.04 bits per heavy atom. The molecule has 0 atom stereocenters. The van der Waals surface area contributed by atoms with Crippen LogP contribution in [0.25, 0.3) is 16.2 Å². The molecule has 0 saturated heterocycles. The number of imidazole rings is 1. The van der Waals surface area contributed by atoms with Crippen molar-refractivity contribution in [3.8, 4) is 11.3 Å². The third-order valence-corrected chi connectivity index (χ3v) is 5.11. The van der Waals surface area contributed by atoms with Crippen LogP contribution in [0.1, 0.15) is 11.1 Å². The first-order chi connectivity index (χ1) is 11.6. The first-order valence-corrected chi connectivity index (χ1v) is 8.94. The second kappa shape index (κ2) is 5.96. The lowest BCUT2D eigenvalue weighted by molar-refractivity contribution is 1.22. The van der Waals surface area contributed by atoms with Gasteiger partial charge in [-0.05, 0) is 37.1 Å². The van der Waals surface area contributed by atoms with Crippen LogP contribution >= 0.6 is 22.9 Å². The molecule has 0 bridgehead atoms. The summed E-state index contributed by atoms with van der Waals surface area (Å²) >= 11 is 7.65. The number of halogens is 1. The van der Waals surface area contributed by atoms with E-state index in [1.54, 1.807) is 11.3 Å². The van der Waals surface area contributed by atoms with Gasteiger partial charge in [0.1, 0.15) is 11.5 Å². The van der Waals surface area contributed by atoms with Gasteiger partial charge in [-0.25, -0.2) is 4.98 Å². The zero-order chi connectivity index (χ0) is 16.7. The SMILES string of the molecule is Cc1cccc(C)c1Nc1c(-c2ccc(Cl)cc2)nc2sccn12. The van der Waals surface area contributed by atoms with Gasteiger partial charge in [-0.2, -0.15) is 0 Å². The van der Waals surface area contributed by atoms with E-state index in [0.29, 0.717) is 0 Å². The monoisotopic (exact) mass is 353 g/mol. The third kappa shape index (κ3) is 2.58. The van der Waals surface area contributed by atoms with E-state index < -0.39 is 0 Å². The molecule has 24 heavy (non-hydrogen) atoms. The third-order valence-electron chi connectivity index (χ3n) is 4.10. The van der Waals surface area contributed by atoms with Crippen LogP contribution in [0.4, 0.5) is 11.5 Å². The van der Waals surface area contributed by atoms with Crippen molar-refractivity contribution in [2.24, 2.45) is 0 Å². The number of hydrogen-bond donors (Lipinski definition) is 1. The molecule has 0 saturated carbocycles. The number of nitrogens with one attached hydrogen (secondary N) is 1. The lowest BCUT2D eigenvalue weighted by Crippen LogP contribution is -1.99. The Morgan fingerprint density at radius 2 is 1.75 bits per heavy atom. The van der Waals surface area contributed by atoms with Crippen molar-refractivity contribution in [2.75, 3.05) is 5.32 Å². The Kier molecular flexibility index (Phi) is 3.79. The molecular formula is C19H16ClN3S. The minimum absolute atomic E-state index is 0.726. The molecule has 0 amide bonds. The Bertz CT molecular complexity index is 995. The lowest BCUT2D eigenvalue weighted by Gasteiger charge is -2.13. The maximum absolute atomic E-state index is 6.03. The summed E-state index contributed by atoms with van der Waals surface area (Å²) in [5.74, 6) is 0.978. The summed E-state index contributed by atoms with van der Waals surface area (Å²) in [7, 11) is 0. The molecule has 0 aliphatic rings. The fraction of sp³-hybridized carbons (Fsp3) is 0.105. The fourth-order valence-corrected chi connectivity index (χ4v) is 3.68. The molecule has 120 valence electrons. The fourth-order valence-electron chi connectivity index (χ4n) is 2.84. The number of fused-ring (bicyclic) bond motifs is 1. The molecule has 2 aromatic carbocycles. The van der Waals surface area contributed by atoms with Crippen LogP contribution in [0.2, 0.25) is 5.02 Å². The molecule has 0 spiro atoms. The van der Waals surface area contributed by atoms with Crippen molar-refractivity contribution in [3.63, 3.8) is 0 Å². The van der Waals surface area contributed by atoms with Crippen molar-refractivity contribution in [1.29, 1.82) is 0 Å². The molecule has 1 N–H and O–H groups in total. The zero-order valence-corrected chi connectivity index (χ0v) is 14.9. The molecule has 2 aromatic heterocycles. The highest BCUT2D eigenvalue weighted by Gasteiger charge is 2.16. The summed E-state index contributed by atoms with van der Waals surface area (Å²) < 4.78 is 2.10. The Hall–Kier alpha value is -2.30. The zero-order valence-electron chi connectivity index (χ0n) is 13.4. The molecule has 0 aliphatic heterocycles. The maximum atomic E-state index is 6.03. The van der Waals surface area contributed by atoms with Crippen molar-refractivity contribution in [1.82, 2.24) is 9.38 Å². The van der Waals surface area contributed by atoms with Gasteiger partial charge in [0.2, 0.25) is 0 Å². The highest BCUT2D eigenvalue weighted by Crippen LogP contribution is 2.34. The van der Waals surface area contributed by atoms with E-state index in [9.17, 15) is 0 Å². The van der Waals surface area contributed by atoms with Crippen molar-refractivity contribution in [2.45, 2.75) is 13.8 Å². The normalized spacial score (nSPS) is 11.1. The number of thiazole rings is 1. The molecule has 0 fully saturated rings. The van der Waals surface area contributed by atoms with Crippen LogP contribution < -0.4 is 5.32 Å². The molecule has 0 unspecified atom stereocenters. The largest absolute Gasteiger partial charge is 0.339 e. The number of benzene rings is 2. The molecule has 0 aliphatic carbocycles. The molecule has 0 radical (unpaired) electrons. The quantitative estimate of drug-likeness (QED) is 0.483. The van der Waals surface area contributed by atoms with E-state index >= 15 is 0 Å². The summed E-state index contributed by atoms with van der Waals surface area (Å²) in [6.45, 7) is 4.23. The lowest BCUT2D eigenvalue weighted by atomic mass is 10.1. The molecule has 2 heterocycles. The standard InChI is InChI=1S/C19H16ClN3S/c1-12-4-3-5-13(2)16(12)21-18-17(14-6-8-15(20)9-7-14)22-19-23(18)10-11-24-19/h3-11,21H,1-2H3. The Balaban J connectivity index is 1.89. The van der Waals surface area contributed by atoms with Crippen molar-refractivity contribution in [3.05, 3.63) is 70.2 Å². The number of aryl methyl sites for hydroxylation is 2. The first kappa shape index (κ1) is 15.2. The summed E-state index contributed by atoms with van der Waals surface area (Å²) in [4.78, 5) is 5.77. The van der Waals surface area contributed by atoms with E-state index in [1.807, 2.05) is 35.8 Å². The summed E-state index contributed by atoms with van der Waals surface area (Å²) in [5, 5.41) is 6.38. The molecular weight excluding hydrogens is 338 g/mol. The average Bonchev–Trinajstić information content (AvgIpc) is 3.14. The maximum Gasteiger partial charge on any atom is 0.195 e. The summed E-state index contributed by atoms with van der Waals surface area (Å²) in [5.41, 5.74) is 5.52. The number of anilines is 2. The van der Waals surface area contributed by atoms with Crippen LogP contribution in [0.5, 0.6) is 0 Å². The van der Waals surface area contributed by atoms with E-state index in [-0.39, 0.29) is 0 Å². The Labute approximate surface area is 149 Å². The van der Waals surface area contributed by atoms with Gasteiger partial charge in [0.25, 0.3) is 0 Å². The van der Waals surface area contributed by atoms with Crippen LogP contribution in [0, 0.1) is 13.8 Å². The molecule has 5 heteroatoms. The van der Waals surface area contributed by atoms with E-state index in [2.05, 4.69) is 41.8 Å². The van der Waals surface area contributed by atoms with Gasteiger partial charge in [-0.1, -0.05) is 41.9 Å². The van der Waals surface area contributed by atoms with E-state index in [0.717, 1.165) is 32.7 Å². The van der Waals surface area contributed by atoms with Gasteiger partial charge >= 0.3 is 0 Å². The number of aromatic nitrogens is 2. The minimum Gasteiger partial charge on any atom is -0.339 e. The Morgan fingerprint density at radius 3 is 2.46 bits per heavy atom.